The van der Waals surface area contributed by atoms with Crippen molar-refractivity contribution in [2.45, 2.75) is 6.92 Å². The number of rotatable bonds is 1. The maximum Gasteiger partial charge on any atom is 0.0880 e. The van der Waals surface area contributed by atoms with Gasteiger partial charge in [0.15, 0.2) is 0 Å². The Morgan fingerprint density at radius 1 is 1.36 bits per heavy atom. The molecule has 0 amide bonds. The summed E-state index contributed by atoms with van der Waals surface area (Å²) in [5.41, 5.74) is 0. The lowest BCUT2D eigenvalue weighted by Crippen LogP contribution is -2.28. The zero-order chi connectivity index (χ0) is 8.10. The molecule has 1 aromatic rings. The molecule has 0 N–H and O–H groups in total. The Morgan fingerprint density at radius 2 is 2.09 bits per heavy atom. The SMILES string of the molecule is C=c1nccn/c1=C/C=C\C. The molecule has 0 spiro atoms. The van der Waals surface area contributed by atoms with E-state index in [2.05, 4.69) is 16.5 Å². The van der Waals surface area contributed by atoms with E-state index in [4.69, 9.17) is 0 Å². The molecule has 0 radical (unpaired) electrons. The van der Waals surface area contributed by atoms with Crippen molar-refractivity contribution >= 4 is 12.7 Å². The lowest BCUT2D eigenvalue weighted by atomic mass is 10.4. The van der Waals surface area contributed by atoms with Crippen molar-refractivity contribution < 1.29 is 0 Å². The number of allylic oxidation sites excluding steroid dienone is 2. The molecular weight excluding hydrogens is 136 g/mol. The number of hydrogen-bond acceptors (Lipinski definition) is 2. The minimum atomic E-state index is 0.714. The zero-order valence-corrected chi connectivity index (χ0v) is 6.49. The molecule has 11 heavy (non-hydrogen) atoms. The van der Waals surface area contributed by atoms with E-state index >= 15 is 0 Å². The van der Waals surface area contributed by atoms with E-state index in [1.807, 2.05) is 25.2 Å². The predicted molar refractivity (Wildman–Crippen MR) is 46.1 cm³/mol. The normalized spacial score (nSPS) is 12.6. The van der Waals surface area contributed by atoms with Crippen molar-refractivity contribution in [3.05, 3.63) is 35.2 Å². The number of nitrogens with zero attached hydrogens (tertiary/aromatic N) is 2. The fourth-order valence-electron chi connectivity index (χ4n) is 0.704. The van der Waals surface area contributed by atoms with Gasteiger partial charge in [0, 0.05) is 12.4 Å². The van der Waals surface area contributed by atoms with Gasteiger partial charge in [-0.05, 0) is 13.0 Å². The average Bonchev–Trinajstić information content (AvgIpc) is 2.03. The Balaban J connectivity index is 3.24. The first-order valence-electron chi connectivity index (χ1n) is 3.43. The van der Waals surface area contributed by atoms with Gasteiger partial charge in [-0.25, -0.2) is 0 Å². The highest BCUT2D eigenvalue weighted by Crippen LogP contribution is 1.68. The highest BCUT2D eigenvalue weighted by molar-refractivity contribution is 5.33. The maximum atomic E-state index is 4.08. The van der Waals surface area contributed by atoms with Gasteiger partial charge in [-0.3, -0.25) is 9.97 Å². The van der Waals surface area contributed by atoms with Crippen molar-refractivity contribution in [1.82, 2.24) is 9.97 Å². The van der Waals surface area contributed by atoms with E-state index in [1.54, 1.807) is 12.4 Å². The molecular formula is C9H10N2. The molecule has 56 valence electrons. The van der Waals surface area contributed by atoms with Gasteiger partial charge < -0.3 is 0 Å². The molecule has 0 fully saturated rings. The van der Waals surface area contributed by atoms with Crippen molar-refractivity contribution in [2.24, 2.45) is 0 Å². The lowest BCUT2D eigenvalue weighted by molar-refractivity contribution is 1.10. The monoisotopic (exact) mass is 146 g/mol. The van der Waals surface area contributed by atoms with Crippen LogP contribution in [0.1, 0.15) is 6.92 Å². The van der Waals surface area contributed by atoms with Gasteiger partial charge in [0.1, 0.15) is 0 Å². The summed E-state index contributed by atoms with van der Waals surface area (Å²) in [5.74, 6) is 0. The maximum absolute atomic E-state index is 4.08. The van der Waals surface area contributed by atoms with Crippen LogP contribution in [-0.4, -0.2) is 9.97 Å². The first-order chi connectivity index (χ1) is 5.34. The van der Waals surface area contributed by atoms with Gasteiger partial charge in [-0.15, -0.1) is 0 Å². The smallest absolute Gasteiger partial charge is 0.0880 e. The standard InChI is InChI=1S/C9H10N2/c1-3-4-5-9-8(2)10-6-7-11-9/h3-7H,2H2,1H3/b4-3-,9-5+. The summed E-state index contributed by atoms with van der Waals surface area (Å²) >= 11 is 0. The Morgan fingerprint density at radius 3 is 2.73 bits per heavy atom. The van der Waals surface area contributed by atoms with E-state index in [0.717, 1.165) is 5.35 Å². The molecule has 1 heterocycles. The van der Waals surface area contributed by atoms with Crippen LogP contribution >= 0.6 is 0 Å². The summed E-state index contributed by atoms with van der Waals surface area (Å²) in [7, 11) is 0. The average molecular weight is 146 g/mol. The highest BCUT2D eigenvalue weighted by atomic mass is 14.7. The molecule has 2 heteroatoms. The van der Waals surface area contributed by atoms with Gasteiger partial charge in [0.05, 0.1) is 10.7 Å². The Labute approximate surface area is 65.6 Å². The van der Waals surface area contributed by atoms with E-state index in [-0.39, 0.29) is 0 Å². The Bertz CT molecular complexity index is 352. The number of aromatic nitrogens is 2. The van der Waals surface area contributed by atoms with Crippen molar-refractivity contribution in [3.63, 3.8) is 0 Å². The summed E-state index contributed by atoms with van der Waals surface area (Å²) in [6.07, 6.45) is 9.03. The molecule has 0 aromatic carbocycles. The van der Waals surface area contributed by atoms with Gasteiger partial charge in [0.2, 0.25) is 0 Å². The second-order valence-corrected chi connectivity index (χ2v) is 2.08. The van der Waals surface area contributed by atoms with Crippen LogP contribution in [0.15, 0.2) is 24.5 Å². The van der Waals surface area contributed by atoms with Crippen LogP contribution in [0.25, 0.3) is 12.7 Å². The van der Waals surface area contributed by atoms with Gasteiger partial charge in [0.25, 0.3) is 0 Å². The first kappa shape index (κ1) is 7.66. The van der Waals surface area contributed by atoms with Crippen molar-refractivity contribution in [3.8, 4) is 0 Å². The van der Waals surface area contributed by atoms with Crippen molar-refractivity contribution in [2.75, 3.05) is 0 Å². The molecule has 0 atom stereocenters. The van der Waals surface area contributed by atoms with Gasteiger partial charge in [-0.2, -0.15) is 0 Å². The third-order valence-electron chi connectivity index (χ3n) is 1.25. The first-order valence-corrected chi connectivity index (χ1v) is 3.43. The fraction of sp³-hybridized carbons (Fsp3) is 0.111. The molecule has 0 aliphatic rings. The minimum Gasteiger partial charge on any atom is -0.254 e. The quantitative estimate of drug-likeness (QED) is 0.567. The van der Waals surface area contributed by atoms with Gasteiger partial charge >= 0.3 is 0 Å². The molecule has 0 aliphatic heterocycles. The topological polar surface area (TPSA) is 25.8 Å². The van der Waals surface area contributed by atoms with Crippen molar-refractivity contribution in [1.29, 1.82) is 0 Å². The molecule has 0 unspecified atom stereocenters. The molecule has 0 bridgehead atoms. The van der Waals surface area contributed by atoms with Crippen LogP contribution in [0.5, 0.6) is 0 Å². The van der Waals surface area contributed by atoms with Crippen LogP contribution in [0.4, 0.5) is 0 Å². The largest absolute Gasteiger partial charge is 0.254 e. The van der Waals surface area contributed by atoms with Crippen LogP contribution in [0, 0.1) is 0 Å². The lowest BCUT2D eigenvalue weighted by Gasteiger charge is -1.83. The molecule has 0 saturated heterocycles. The molecule has 0 saturated carbocycles. The van der Waals surface area contributed by atoms with Crippen LogP contribution in [0.2, 0.25) is 0 Å². The summed E-state index contributed by atoms with van der Waals surface area (Å²) in [6, 6.07) is 0. The summed E-state index contributed by atoms with van der Waals surface area (Å²) in [6.45, 7) is 5.69. The Hall–Kier alpha value is -1.44. The summed E-state index contributed by atoms with van der Waals surface area (Å²) < 4.78 is 0. The third-order valence-corrected chi connectivity index (χ3v) is 1.25. The van der Waals surface area contributed by atoms with E-state index < -0.39 is 0 Å². The molecule has 1 aromatic heterocycles. The second-order valence-electron chi connectivity index (χ2n) is 2.08. The van der Waals surface area contributed by atoms with Crippen LogP contribution in [0.3, 0.4) is 0 Å². The predicted octanol–water partition coefficient (Wildman–Crippen LogP) is 0.243. The molecule has 2 nitrogen and oxygen atoms in total. The zero-order valence-electron chi connectivity index (χ0n) is 6.49. The molecule has 0 aliphatic carbocycles. The van der Waals surface area contributed by atoms with Crippen LogP contribution < -0.4 is 10.7 Å². The second kappa shape index (κ2) is 3.66. The number of hydrogen-bond donors (Lipinski definition) is 0. The Kier molecular flexibility index (Phi) is 2.55. The molecule has 1 rings (SSSR count). The summed E-state index contributed by atoms with van der Waals surface area (Å²) in [5, 5.41) is 1.54. The fourth-order valence-corrected chi connectivity index (χ4v) is 0.704. The summed E-state index contributed by atoms with van der Waals surface area (Å²) in [4.78, 5) is 8.08. The van der Waals surface area contributed by atoms with Crippen LogP contribution in [-0.2, 0) is 0 Å². The van der Waals surface area contributed by atoms with E-state index in [0.29, 0.717) is 5.35 Å². The van der Waals surface area contributed by atoms with E-state index in [9.17, 15) is 0 Å². The third kappa shape index (κ3) is 2.00. The highest BCUT2D eigenvalue weighted by Gasteiger charge is 1.78. The van der Waals surface area contributed by atoms with Gasteiger partial charge in [-0.1, -0.05) is 18.7 Å². The van der Waals surface area contributed by atoms with E-state index in [1.165, 1.54) is 0 Å². The minimum absolute atomic E-state index is 0.714.